The molecule has 2 aromatic carbocycles. The minimum Gasteiger partial charge on any atom is -0.507 e. The van der Waals surface area contributed by atoms with Crippen molar-refractivity contribution < 1.29 is 34.9 Å². The van der Waals surface area contributed by atoms with Crippen molar-refractivity contribution in [1.82, 2.24) is 4.90 Å². The first kappa shape index (κ1) is 21.5. The van der Waals surface area contributed by atoms with Crippen LogP contribution in [0, 0.1) is 0 Å². The Bertz CT molecular complexity index is 1340. The second kappa shape index (κ2) is 8.51. The smallest absolute Gasteiger partial charge is 0.507 e. The van der Waals surface area contributed by atoms with Gasteiger partial charge < -0.3 is 24.1 Å². The molecular weight excluding hydrogens is 461 g/mol. The molecule has 0 radical (unpaired) electrons. The maximum atomic E-state index is 13.2. The van der Waals surface area contributed by atoms with E-state index in [-0.39, 0.29) is 28.5 Å². The lowest BCUT2D eigenvalue weighted by Crippen LogP contribution is -2.40. The molecule has 2 heterocycles. The molecular formula is C21H21ClNO8P. The quantitative estimate of drug-likeness (QED) is 0.413. The number of likely N-dealkylation sites (tertiary alicyclic amines) is 1. The van der Waals surface area contributed by atoms with Crippen LogP contribution in [0.4, 0.5) is 0 Å². The Labute approximate surface area is 189 Å². The molecule has 0 saturated carbocycles. The lowest BCUT2D eigenvalue weighted by Gasteiger charge is -2.34. The summed E-state index contributed by atoms with van der Waals surface area (Å²) < 4.78 is 30.4. The highest BCUT2D eigenvalue weighted by Gasteiger charge is 2.34. The Balaban J connectivity index is 2.08. The number of aromatic hydroxyl groups is 1. The summed E-state index contributed by atoms with van der Waals surface area (Å²) in [5.41, 5.74) is -0.616. The van der Waals surface area contributed by atoms with Crippen LogP contribution in [0.15, 0.2) is 45.6 Å². The molecule has 0 aliphatic carbocycles. The van der Waals surface area contributed by atoms with Crippen molar-refractivity contribution in [1.29, 1.82) is 0 Å². The first-order valence-electron chi connectivity index (χ1n) is 10.2. The molecule has 0 unspecified atom stereocenters. The highest BCUT2D eigenvalue weighted by molar-refractivity contribution is 7.46. The van der Waals surface area contributed by atoms with Gasteiger partial charge in [-0.25, -0.2) is 4.57 Å². The van der Waals surface area contributed by atoms with Gasteiger partial charge in [0.2, 0.25) is 0 Å². The van der Waals surface area contributed by atoms with Crippen molar-refractivity contribution in [3.8, 4) is 22.8 Å². The number of likely N-dealkylation sites (N-methyl/N-ethyl adjacent to an activating group) is 1. The van der Waals surface area contributed by atoms with E-state index in [9.17, 15) is 29.4 Å². The van der Waals surface area contributed by atoms with E-state index >= 15 is 0 Å². The summed E-state index contributed by atoms with van der Waals surface area (Å²) in [5, 5.41) is 21.5. The summed E-state index contributed by atoms with van der Waals surface area (Å²) in [6, 6.07) is 6.86. The first-order chi connectivity index (χ1) is 15.5. The van der Waals surface area contributed by atoms with Crippen LogP contribution in [0.1, 0.15) is 19.3 Å². The number of phenols is 1. The fraction of sp³-hybridized carbons (Fsp3) is 0.286. The SMILES string of the molecule is [2H]c1c(O)c([C@H]2CCN(C)C[C@H]2O)c2oc(-c3ccccc3Cl)cc(=O)c2c1OP(=O)(O)O. The molecule has 4 rings (SSSR count). The Morgan fingerprint density at radius 2 is 2.06 bits per heavy atom. The number of nitrogens with zero attached hydrogens (tertiary/aromatic N) is 1. The second-order valence-electron chi connectivity index (χ2n) is 7.68. The van der Waals surface area contributed by atoms with Crippen LogP contribution in [-0.2, 0) is 4.57 Å². The zero-order valence-electron chi connectivity index (χ0n) is 17.9. The van der Waals surface area contributed by atoms with E-state index in [1.807, 2.05) is 11.9 Å². The second-order valence-corrected chi connectivity index (χ2v) is 9.25. The van der Waals surface area contributed by atoms with Crippen molar-refractivity contribution >= 4 is 30.4 Å². The van der Waals surface area contributed by atoms with Crippen LogP contribution in [0.2, 0.25) is 5.02 Å². The van der Waals surface area contributed by atoms with Crippen LogP contribution in [-0.4, -0.2) is 51.1 Å². The molecule has 1 aliphatic rings. The fourth-order valence-corrected chi connectivity index (χ4v) is 4.60. The highest BCUT2D eigenvalue weighted by Crippen LogP contribution is 2.47. The van der Waals surface area contributed by atoms with Gasteiger partial charge in [0.05, 0.1) is 12.5 Å². The third kappa shape index (κ3) is 4.41. The van der Waals surface area contributed by atoms with E-state index in [1.165, 1.54) is 0 Å². The zero-order chi connectivity index (χ0) is 24.1. The number of fused-ring (bicyclic) bond motifs is 1. The van der Waals surface area contributed by atoms with E-state index in [1.54, 1.807) is 24.3 Å². The van der Waals surface area contributed by atoms with Crippen LogP contribution < -0.4 is 9.95 Å². The van der Waals surface area contributed by atoms with E-state index in [0.717, 1.165) is 6.07 Å². The number of phenolic OH excluding ortho intramolecular Hbond substituents is 1. The van der Waals surface area contributed by atoms with Gasteiger partial charge in [-0.2, -0.15) is 0 Å². The number of aliphatic hydroxyl groups excluding tert-OH is 1. The molecule has 1 saturated heterocycles. The molecule has 4 N–H and O–H groups in total. The lowest BCUT2D eigenvalue weighted by molar-refractivity contribution is 0.0630. The largest absolute Gasteiger partial charge is 0.524 e. The van der Waals surface area contributed by atoms with Crippen LogP contribution >= 0.6 is 19.4 Å². The van der Waals surface area contributed by atoms with Gasteiger partial charge in [0, 0.05) is 35.7 Å². The van der Waals surface area contributed by atoms with Crippen molar-refractivity contribution in [3.63, 3.8) is 0 Å². The Morgan fingerprint density at radius 3 is 2.72 bits per heavy atom. The first-order valence-corrected chi connectivity index (χ1v) is 11.6. The number of aliphatic hydroxyl groups is 1. The monoisotopic (exact) mass is 482 g/mol. The van der Waals surface area contributed by atoms with E-state index in [0.29, 0.717) is 18.5 Å². The molecule has 9 nitrogen and oxygen atoms in total. The van der Waals surface area contributed by atoms with Crippen molar-refractivity contribution in [2.45, 2.75) is 18.4 Å². The summed E-state index contributed by atoms with van der Waals surface area (Å²) in [4.78, 5) is 33.7. The number of β-amino-alcohol motifs (C(OH)–C–C–N with tert-alkyl or cyclic N) is 1. The van der Waals surface area contributed by atoms with Gasteiger partial charge in [-0.3, -0.25) is 14.6 Å². The summed E-state index contributed by atoms with van der Waals surface area (Å²) in [7, 11) is -3.37. The third-order valence-electron chi connectivity index (χ3n) is 5.41. The van der Waals surface area contributed by atoms with E-state index < -0.39 is 48.2 Å². The zero-order valence-corrected chi connectivity index (χ0v) is 18.5. The predicted molar refractivity (Wildman–Crippen MR) is 118 cm³/mol. The molecule has 32 heavy (non-hydrogen) atoms. The van der Waals surface area contributed by atoms with Gasteiger partial charge in [0.15, 0.2) is 5.43 Å². The number of phosphoric ester groups is 1. The van der Waals surface area contributed by atoms with E-state index in [2.05, 4.69) is 4.52 Å². The molecule has 170 valence electrons. The van der Waals surface area contributed by atoms with Crippen LogP contribution in [0.5, 0.6) is 11.5 Å². The number of hydrogen-bond acceptors (Lipinski definition) is 7. The van der Waals surface area contributed by atoms with Gasteiger partial charge in [-0.1, -0.05) is 23.7 Å². The van der Waals surface area contributed by atoms with Gasteiger partial charge in [0.25, 0.3) is 0 Å². The molecule has 1 aliphatic heterocycles. The molecule has 0 amide bonds. The average molecular weight is 483 g/mol. The molecule has 0 bridgehead atoms. The summed E-state index contributed by atoms with van der Waals surface area (Å²) in [6.07, 6.45) is -0.585. The van der Waals surface area contributed by atoms with Gasteiger partial charge in [-0.05, 0) is 32.1 Å². The van der Waals surface area contributed by atoms with Gasteiger partial charge in [-0.15, -0.1) is 0 Å². The molecule has 3 aromatic rings. The van der Waals surface area contributed by atoms with Crippen LogP contribution in [0.25, 0.3) is 22.3 Å². The summed E-state index contributed by atoms with van der Waals surface area (Å²) in [5.74, 6) is -2.16. The van der Waals surface area contributed by atoms with Gasteiger partial charge >= 0.3 is 7.82 Å². The number of halogens is 1. The maximum Gasteiger partial charge on any atom is 0.524 e. The highest BCUT2D eigenvalue weighted by atomic mass is 35.5. The number of benzene rings is 2. The molecule has 1 fully saturated rings. The summed E-state index contributed by atoms with van der Waals surface area (Å²) in [6.45, 7) is 0.833. The van der Waals surface area contributed by atoms with Crippen molar-refractivity contribution in [2.75, 3.05) is 20.1 Å². The molecule has 1 aromatic heterocycles. The topological polar surface area (TPSA) is 141 Å². The van der Waals surface area contributed by atoms with Crippen LogP contribution in [0.3, 0.4) is 0 Å². The maximum absolute atomic E-state index is 13.2. The van der Waals surface area contributed by atoms with Crippen molar-refractivity contribution in [3.05, 3.63) is 57.2 Å². The third-order valence-corrected chi connectivity index (χ3v) is 6.16. The number of rotatable bonds is 4. The average Bonchev–Trinajstić information content (AvgIpc) is 2.72. The van der Waals surface area contributed by atoms with Gasteiger partial charge in [0.1, 0.15) is 28.2 Å². The predicted octanol–water partition coefficient (Wildman–Crippen LogP) is 3.07. The number of hydrogen-bond donors (Lipinski definition) is 4. The molecule has 0 spiro atoms. The normalized spacial score (nSPS) is 20.3. The minimum atomic E-state index is -5.19. The van der Waals surface area contributed by atoms with Crippen molar-refractivity contribution in [2.24, 2.45) is 0 Å². The Kier molecular flexibility index (Phi) is 5.71. The van der Waals surface area contributed by atoms with E-state index in [4.69, 9.17) is 17.4 Å². The Morgan fingerprint density at radius 1 is 1.34 bits per heavy atom. The number of phosphoric acid groups is 1. The molecule has 11 heteroatoms. The fourth-order valence-electron chi connectivity index (χ4n) is 3.99. The number of piperidine rings is 1. The minimum absolute atomic E-state index is 0.000310. The standard InChI is InChI=1S/C21H21ClNO8P/c1-23-7-6-12(16(26)10-23)19-14(24)9-18(31-32(27,28)29)20-15(25)8-17(30-21(19)20)11-4-2-3-5-13(11)22/h2-5,8-9,12,16,24,26H,6-7,10H2,1H3,(H2,27,28,29)/t12-,16+/m0/s1/i9D. The lowest BCUT2D eigenvalue weighted by atomic mass is 9.85. The molecule has 2 atom stereocenters. The summed E-state index contributed by atoms with van der Waals surface area (Å²) >= 11 is 6.25. The Hall–Kier alpha value is -2.39.